The molecule has 0 spiro atoms. The smallest absolute Gasteiger partial charge is 0.225 e. The number of hydrogen-bond donors (Lipinski definition) is 1. The highest BCUT2D eigenvalue weighted by Gasteiger charge is 2.10. The molecule has 0 aliphatic carbocycles. The number of benzene rings is 1. The fraction of sp³-hybridized carbons (Fsp3) is 0.500. The number of rotatable bonds is 5. The van der Waals surface area contributed by atoms with Crippen molar-refractivity contribution in [3.63, 3.8) is 0 Å². The lowest BCUT2D eigenvalue weighted by atomic mass is 10.0. The van der Waals surface area contributed by atoms with Gasteiger partial charge in [0.25, 0.3) is 0 Å². The van der Waals surface area contributed by atoms with Crippen LogP contribution in [0.25, 0.3) is 0 Å². The van der Waals surface area contributed by atoms with Gasteiger partial charge < -0.3 is 0 Å². The summed E-state index contributed by atoms with van der Waals surface area (Å²) in [5.74, 6) is 0.642. The van der Waals surface area contributed by atoms with E-state index < -0.39 is 10.0 Å². The maximum atomic E-state index is 11.1. The molecule has 5 heteroatoms. The van der Waals surface area contributed by atoms with Gasteiger partial charge in [0.2, 0.25) is 10.0 Å². The van der Waals surface area contributed by atoms with Crippen LogP contribution in [0.15, 0.2) is 29.2 Å². The van der Waals surface area contributed by atoms with E-state index in [1.807, 2.05) is 12.1 Å². The van der Waals surface area contributed by atoms with Gasteiger partial charge in [0.05, 0.1) is 4.90 Å². The first-order valence-electron chi connectivity index (χ1n) is 5.55. The van der Waals surface area contributed by atoms with Crippen molar-refractivity contribution in [2.45, 2.75) is 36.4 Å². The van der Waals surface area contributed by atoms with Crippen molar-refractivity contribution in [2.75, 3.05) is 0 Å². The summed E-state index contributed by atoms with van der Waals surface area (Å²) in [6.07, 6.45) is 1.99. The zero-order chi connectivity index (χ0) is 13.1. The molecule has 1 atom stereocenters. The molecule has 1 unspecified atom stereocenters. The molecular formula is C12H18BrNO2S. The maximum Gasteiger partial charge on any atom is 0.238 e. The molecule has 17 heavy (non-hydrogen) atoms. The van der Waals surface area contributed by atoms with Crippen LogP contribution in [-0.2, 0) is 16.4 Å². The molecule has 0 fully saturated rings. The second-order valence-corrected chi connectivity index (χ2v) is 7.48. The van der Waals surface area contributed by atoms with E-state index in [1.54, 1.807) is 12.1 Å². The zero-order valence-electron chi connectivity index (χ0n) is 10.1. The van der Waals surface area contributed by atoms with Gasteiger partial charge >= 0.3 is 0 Å². The third-order valence-electron chi connectivity index (χ3n) is 2.44. The molecular weight excluding hydrogens is 302 g/mol. The monoisotopic (exact) mass is 319 g/mol. The zero-order valence-corrected chi connectivity index (χ0v) is 12.5. The van der Waals surface area contributed by atoms with E-state index in [2.05, 4.69) is 29.8 Å². The summed E-state index contributed by atoms with van der Waals surface area (Å²) >= 11 is 3.63. The lowest BCUT2D eigenvalue weighted by molar-refractivity contribution is 0.571. The third kappa shape index (κ3) is 5.19. The largest absolute Gasteiger partial charge is 0.238 e. The fourth-order valence-corrected chi connectivity index (χ4v) is 3.30. The number of halogens is 1. The summed E-state index contributed by atoms with van der Waals surface area (Å²) in [6, 6.07) is 6.74. The number of hydrogen-bond acceptors (Lipinski definition) is 2. The van der Waals surface area contributed by atoms with Crippen LogP contribution in [0.2, 0.25) is 0 Å². The van der Waals surface area contributed by atoms with Crippen LogP contribution in [0.5, 0.6) is 0 Å². The SMILES string of the molecule is CC(C)CC(Br)Cc1ccc(S(N)(=O)=O)cc1. The van der Waals surface area contributed by atoms with Gasteiger partial charge in [0.15, 0.2) is 0 Å². The number of primary sulfonamides is 1. The summed E-state index contributed by atoms with van der Waals surface area (Å²) in [5.41, 5.74) is 1.11. The fourth-order valence-electron chi connectivity index (χ4n) is 1.67. The number of alkyl halides is 1. The van der Waals surface area contributed by atoms with Gasteiger partial charge in [-0.25, -0.2) is 13.6 Å². The first-order chi connectivity index (χ1) is 7.79. The minimum Gasteiger partial charge on any atom is -0.225 e. The molecule has 0 aliphatic rings. The Morgan fingerprint density at radius 3 is 2.18 bits per heavy atom. The lowest BCUT2D eigenvalue weighted by Gasteiger charge is -2.12. The first-order valence-corrected chi connectivity index (χ1v) is 8.01. The molecule has 0 amide bonds. The van der Waals surface area contributed by atoms with Crippen LogP contribution in [0.3, 0.4) is 0 Å². The molecule has 0 heterocycles. The highest BCUT2D eigenvalue weighted by molar-refractivity contribution is 9.09. The highest BCUT2D eigenvalue weighted by atomic mass is 79.9. The van der Waals surface area contributed by atoms with Crippen molar-refractivity contribution in [3.05, 3.63) is 29.8 Å². The topological polar surface area (TPSA) is 60.2 Å². The molecule has 0 saturated heterocycles. The van der Waals surface area contributed by atoms with Gasteiger partial charge in [-0.3, -0.25) is 0 Å². The quantitative estimate of drug-likeness (QED) is 0.848. The second-order valence-electron chi connectivity index (χ2n) is 4.62. The Balaban J connectivity index is 2.69. The van der Waals surface area contributed by atoms with Gasteiger partial charge in [0, 0.05) is 4.83 Å². The van der Waals surface area contributed by atoms with E-state index in [1.165, 1.54) is 0 Å². The van der Waals surface area contributed by atoms with E-state index in [0.29, 0.717) is 10.7 Å². The maximum absolute atomic E-state index is 11.1. The van der Waals surface area contributed by atoms with Crippen LogP contribution in [0.1, 0.15) is 25.8 Å². The molecule has 2 N–H and O–H groups in total. The van der Waals surface area contributed by atoms with Crippen LogP contribution in [0, 0.1) is 5.92 Å². The van der Waals surface area contributed by atoms with Gasteiger partial charge in [-0.1, -0.05) is 41.9 Å². The highest BCUT2D eigenvalue weighted by Crippen LogP contribution is 2.18. The molecule has 0 aliphatic heterocycles. The average molecular weight is 320 g/mol. The van der Waals surface area contributed by atoms with Crippen LogP contribution in [0.4, 0.5) is 0 Å². The summed E-state index contributed by atoms with van der Waals surface area (Å²) in [6.45, 7) is 4.36. The molecule has 3 nitrogen and oxygen atoms in total. The van der Waals surface area contributed by atoms with Gasteiger partial charge in [-0.05, 0) is 36.5 Å². The van der Waals surface area contributed by atoms with Crippen molar-refractivity contribution in [3.8, 4) is 0 Å². The van der Waals surface area contributed by atoms with Crippen molar-refractivity contribution >= 4 is 26.0 Å². The average Bonchev–Trinajstić information content (AvgIpc) is 2.15. The molecule has 1 aromatic carbocycles. The predicted molar refractivity (Wildman–Crippen MR) is 73.7 cm³/mol. The van der Waals surface area contributed by atoms with Crippen LogP contribution < -0.4 is 5.14 Å². The standard InChI is InChI=1S/C12H18BrNO2S/c1-9(2)7-11(13)8-10-3-5-12(6-4-10)17(14,15)16/h3-6,9,11H,7-8H2,1-2H3,(H2,14,15,16). The van der Waals surface area contributed by atoms with E-state index in [-0.39, 0.29) is 4.90 Å². The van der Waals surface area contributed by atoms with E-state index in [4.69, 9.17) is 5.14 Å². The lowest BCUT2D eigenvalue weighted by Crippen LogP contribution is -2.12. The molecule has 96 valence electrons. The number of nitrogens with two attached hydrogens (primary N) is 1. The van der Waals surface area contributed by atoms with Crippen LogP contribution >= 0.6 is 15.9 Å². The molecule has 0 radical (unpaired) electrons. The van der Waals surface area contributed by atoms with E-state index in [0.717, 1.165) is 18.4 Å². The summed E-state index contributed by atoms with van der Waals surface area (Å²) < 4.78 is 22.2. The number of sulfonamides is 1. The van der Waals surface area contributed by atoms with Gasteiger partial charge in [-0.2, -0.15) is 0 Å². The molecule has 1 aromatic rings. The molecule has 0 saturated carbocycles. The minimum absolute atomic E-state index is 0.163. The Bertz CT molecular complexity index is 454. The van der Waals surface area contributed by atoms with Crippen molar-refractivity contribution in [2.24, 2.45) is 11.1 Å². The third-order valence-corrected chi connectivity index (χ3v) is 4.06. The Kier molecular flexibility index (Phi) is 5.16. The molecule has 0 aromatic heterocycles. The summed E-state index contributed by atoms with van der Waals surface area (Å²) in [7, 11) is -3.58. The normalized spacial score (nSPS) is 13.9. The molecule has 1 rings (SSSR count). The van der Waals surface area contributed by atoms with Crippen LogP contribution in [-0.4, -0.2) is 13.2 Å². The molecule has 0 bridgehead atoms. The van der Waals surface area contributed by atoms with Crippen molar-refractivity contribution < 1.29 is 8.42 Å². The Morgan fingerprint density at radius 2 is 1.76 bits per heavy atom. The second kappa shape index (κ2) is 5.98. The Labute approximate surface area is 112 Å². The minimum atomic E-state index is -3.58. The summed E-state index contributed by atoms with van der Waals surface area (Å²) in [4.78, 5) is 0.582. The van der Waals surface area contributed by atoms with Crippen molar-refractivity contribution in [1.29, 1.82) is 0 Å². The Morgan fingerprint density at radius 1 is 1.24 bits per heavy atom. The Hall–Kier alpha value is -0.390. The predicted octanol–water partition coefficient (Wildman–Crippen LogP) is 2.69. The van der Waals surface area contributed by atoms with E-state index in [9.17, 15) is 8.42 Å². The van der Waals surface area contributed by atoms with Gasteiger partial charge in [0.1, 0.15) is 0 Å². The summed E-state index contributed by atoms with van der Waals surface area (Å²) in [5, 5.41) is 5.04. The van der Waals surface area contributed by atoms with Crippen molar-refractivity contribution in [1.82, 2.24) is 0 Å². The van der Waals surface area contributed by atoms with E-state index >= 15 is 0 Å². The first kappa shape index (κ1) is 14.7. The van der Waals surface area contributed by atoms with Gasteiger partial charge in [-0.15, -0.1) is 0 Å².